The van der Waals surface area contributed by atoms with Gasteiger partial charge in [-0.25, -0.2) is 0 Å². The summed E-state index contributed by atoms with van der Waals surface area (Å²) < 4.78 is 10.00. The van der Waals surface area contributed by atoms with Crippen molar-refractivity contribution >= 4 is 5.91 Å². The van der Waals surface area contributed by atoms with Crippen LogP contribution in [0.4, 0.5) is 0 Å². The molecule has 1 amide bonds. The summed E-state index contributed by atoms with van der Waals surface area (Å²) in [7, 11) is 3.31. The summed E-state index contributed by atoms with van der Waals surface area (Å²) in [4.78, 5) is 13.7. The monoisotopic (exact) mass is 246 g/mol. The van der Waals surface area contributed by atoms with E-state index in [0.29, 0.717) is 32.3 Å². The summed E-state index contributed by atoms with van der Waals surface area (Å²) in [6.45, 7) is 7.03. The summed E-state index contributed by atoms with van der Waals surface area (Å²) >= 11 is 0. The maximum Gasteiger partial charge on any atom is 0.236 e. The maximum absolute atomic E-state index is 11.9. The van der Waals surface area contributed by atoms with Crippen molar-refractivity contribution in [3.8, 4) is 0 Å². The van der Waals surface area contributed by atoms with Gasteiger partial charge in [-0.1, -0.05) is 13.8 Å². The average molecular weight is 246 g/mol. The fraction of sp³-hybridized carbons (Fsp3) is 0.917. The summed E-state index contributed by atoms with van der Waals surface area (Å²) in [5, 5.41) is 3.13. The number of carbonyl (C=O) groups is 1. The molecule has 1 N–H and O–H groups in total. The van der Waals surface area contributed by atoms with Crippen molar-refractivity contribution in [1.29, 1.82) is 0 Å². The number of nitrogens with one attached hydrogen (secondary N) is 1. The van der Waals surface area contributed by atoms with Crippen LogP contribution in [0.1, 0.15) is 20.3 Å². The van der Waals surface area contributed by atoms with Gasteiger partial charge in [-0.05, 0) is 6.42 Å². The molecule has 0 spiro atoms. The average Bonchev–Trinajstić information content (AvgIpc) is 2.30. The first kappa shape index (κ1) is 16.4. The first-order chi connectivity index (χ1) is 8.11. The first-order valence-corrected chi connectivity index (χ1v) is 6.10. The van der Waals surface area contributed by atoms with Crippen molar-refractivity contribution in [2.24, 2.45) is 0 Å². The molecular formula is C12H26N2O3. The van der Waals surface area contributed by atoms with E-state index in [1.54, 1.807) is 14.2 Å². The van der Waals surface area contributed by atoms with E-state index in [1.165, 1.54) is 0 Å². The van der Waals surface area contributed by atoms with Crippen molar-refractivity contribution in [3.63, 3.8) is 0 Å². The molecule has 0 fully saturated rings. The van der Waals surface area contributed by atoms with Crippen LogP contribution in [0.2, 0.25) is 0 Å². The molecule has 102 valence electrons. The molecule has 0 bridgehead atoms. The summed E-state index contributed by atoms with van der Waals surface area (Å²) in [6, 6.07) is 0.321. The molecule has 0 radical (unpaired) electrons. The summed E-state index contributed by atoms with van der Waals surface area (Å²) in [5.41, 5.74) is 0. The highest BCUT2D eigenvalue weighted by atomic mass is 16.5. The number of hydrogen-bond donors (Lipinski definition) is 1. The highest BCUT2D eigenvalue weighted by Crippen LogP contribution is 1.94. The van der Waals surface area contributed by atoms with Crippen LogP contribution in [0, 0.1) is 0 Å². The first-order valence-electron chi connectivity index (χ1n) is 6.10. The van der Waals surface area contributed by atoms with Crippen molar-refractivity contribution in [2.45, 2.75) is 26.3 Å². The Morgan fingerprint density at radius 3 is 2.35 bits per heavy atom. The zero-order chi connectivity index (χ0) is 13.1. The molecule has 0 rings (SSSR count). The van der Waals surface area contributed by atoms with Gasteiger partial charge in [0.1, 0.15) is 0 Å². The highest BCUT2D eigenvalue weighted by molar-refractivity contribution is 5.78. The van der Waals surface area contributed by atoms with Gasteiger partial charge in [0.15, 0.2) is 0 Å². The van der Waals surface area contributed by atoms with Crippen LogP contribution in [0.3, 0.4) is 0 Å². The van der Waals surface area contributed by atoms with Gasteiger partial charge in [-0.15, -0.1) is 0 Å². The van der Waals surface area contributed by atoms with Gasteiger partial charge in [0.25, 0.3) is 0 Å². The van der Waals surface area contributed by atoms with Crippen molar-refractivity contribution in [2.75, 3.05) is 47.1 Å². The molecule has 0 saturated heterocycles. The van der Waals surface area contributed by atoms with Crippen LogP contribution in [0.25, 0.3) is 0 Å². The lowest BCUT2D eigenvalue weighted by Crippen LogP contribution is -2.42. The van der Waals surface area contributed by atoms with Crippen molar-refractivity contribution < 1.29 is 14.3 Å². The minimum Gasteiger partial charge on any atom is -0.385 e. The number of ether oxygens (including phenoxy) is 2. The smallest absolute Gasteiger partial charge is 0.236 e. The summed E-state index contributed by atoms with van der Waals surface area (Å²) in [6.07, 6.45) is 0.855. The Balaban J connectivity index is 4.00. The normalized spacial score (nSPS) is 10.9. The second kappa shape index (κ2) is 10.5. The number of nitrogens with zero attached hydrogens (tertiary/aromatic N) is 1. The zero-order valence-corrected chi connectivity index (χ0v) is 11.5. The van der Waals surface area contributed by atoms with Gasteiger partial charge in [0.2, 0.25) is 5.91 Å². The Labute approximate surface area is 104 Å². The lowest BCUT2D eigenvalue weighted by molar-refractivity contribution is -0.131. The van der Waals surface area contributed by atoms with Crippen LogP contribution in [0.5, 0.6) is 0 Å². The van der Waals surface area contributed by atoms with Gasteiger partial charge in [0, 0.05) is 40.0 Å². The van der Waals surface area contributed by atoms with E-state index in [2.05, 4.69) is 5.32 Å². The second-order valence-corrected chi connectivity index (χ2v) is 4.26. The molecule has 17 heavy (non-hydrogen) atoms. The lowest BCUT2D eigenvalue weighted by Gasteiger charge is -2.23. The van der Waals surface area contributed by atoms with Crippen LogP contribution in [-0.4, -0.2) is 63.9 Å². The Kier molecular flexibility index (Phi) is 10.1. The van der Waals surface area contributed by atoms with Crippen molar-refractivity contribution in [3.05, 3.63) is 0 Å². The molecule has 0 aromatic rings. The minimum absolute atomic E-state index is 0.117. The van der Waals surface area contributed by atoms with Crippen molar-refractivity contribution in [1.82, 2.24) is 10.2 Å². The number of carbonyl (C=O) groups excluding carboxylic acids is 1. The number of hydrogen-bond acceptors (Lipinski definition) is 4. The Morgan fingerprint density at radius 2 is 1.82 bits per heavy atom. The van der Waals surface area contributed by atoms with Crippen LogP contribution in [0.15, 0.2) is 0 Å². The SMILES string of the molecule is COCCCN(CCOC)C(=O)CNC(C)C. The van der Waals surface area contributed by atoms with Crippen LogP contribution in [-0.2, 0) is 14.3 Å². The Bertz CT molecular complexity index is 198. The largest absolute Gasteiger partial charge is 0.385 e. The van der Waals surface area contributed by atoms with Gasteiger partial charge in [-0.3, -0.25) is 4.79 Å². The van der Waals surface area contributed by atoms with Crippen LogP contribution >= 0.6 is 0 Å². The molecule has 5 heteroatoms. The van der Waals surface area contributed by atoms with E-state index in [1.807, 2.05) is 18.7 Å². The van der Waals surface area contributed by atoms with E-state index in [0.717, 1.165) is 13.0 Å². The maximum atomic E-state index is 11.9. The zero-order valence-electron chi connectivity index (χ0n) is 11.5. The Morgan fingerprint density at radius 1 is 1.18 bits per heavy atom. The number of rotatable bonds is 10. The van der Waals surface area contributed by atoms with E-state index in [4.69, 9.17) is 9.47 Å². The van der Waals surface area contributed by atoms with Gasteiger partial charge < -0.3 is 19.7 Å². The molecule has 5 nitrogen and oxygen atoms in total. The molecular weight excluding hydrogens is 220 g/mol. The summed E-state index contributed by atoms with van der Waals surface area (Å²) in [5.74, 6) is 0.117. The van der Waals surface area contributed by atoms with E-state index in [-0.39, 0.29) is 5.91 Å². The molecule has 0 aromatic carbocycles. The quantitative estimate of drug-likeness (QED) is 0.570. The molecule has 0 aliphatic rings. The van der Waals surface area contributed by atoms with Crippen LogP contribution < -0.4 is 5.32 Å². The van der Waals surface area contributed by atoms with Gasteiger partial charge in [0.05, 0.1) is 13.2 Å². The predicted molar refractivity (Wildman–Crippen MR) is 68.1 cm³/mol. The van der Waals surface area contributed by atoms with Gasteiger partial charge in [-0.2, -0.15) is 0 Å². The second-order valence-electron chi connectivity index (χ2n) is 4.26. The lowest BCUT2D eigenvalue weighted by atomic mass is 10.3. The van der Waals surface area contributed by atoms with E-state index >= 15 is 0 Å². The molecule has 0 heterocycles. The fourth-order valence-electron chi connectivity index (χ4n) is 1.37. The molecule has 0 unspecified atom stereocenters. The predicted octanol–water partition coefficient (Wildman–Crippen LogP) is 0.496. The van der Waals surface area contributed by atoms with E-state index in [9.17, 15) is 4.79 Å². The Hall–Kier alpha value is -0.650. The minimum atomic E-state index is 0.117. The molecule has 0 atom stereocenters. The molecule has 0 aliphatic heterocycles. The highest BCUT2D eigenvalue weighted by Gasteiger charge is 2.12. The number of amides is 1. The van der Waals surface area contributed by atoms with E-state index < -0.39 is 0 Å². The third kappa shape index (κ3) is 9.09. The molecule has 0 aromatic heterocycles. The van der Waals surface area contributed by atoms with Gasteiger partial charge >= 0.3 is 0 Å². The standard InChI is InChI=1S/C12H26N2O3/c1-11(2)13-10-12(15)14(7-9-17-4)6-5-8-16-3/h11,13H,5-10H2,1-4H3. The molecule has 0 saturated carbocycles. The molecule has 0 aliphatic carbocycles. The number of methoxy groups -OCH3 is 2. The topological polar surface area (TPSA) is 50.8 Å². The fourth-order valence-corrected chi connectivity index (χ4v) is 1.37. The third-order valence-corrected chi connectivity index (χ3v) is 2.36. The third-order valence-electron chi connectivity index (χ3n) is 2.36.